The lowest BCUT2D eigenvalue weighted by atomic mass is 10.0. The number of anilines is 1. The van der Waals surface area contributed by atoms with E-state index in [9.17, 15) is 4.79 Å². The number of aromatic nitrogens is 2. The molecule has 0 fully saturated rings. The highest BCUT2D eigenvalue weighted by molar-refractivity contribution is 6.33. The molecule has 2 amide bonds. The molecule has 9 heteroatoms. The highest BCUT2D eigenvalue weighted by Gasteiger charge is 2.30. The number of urea groups is 1. The summed E-state index contributed by atoms with van der Waals surface area (Å²) in [4.78, 5) is 22.6. The molecule has 8 nitrogen and oxygen atoms in total. The van der Waals surface area contributed by atoms with E-state index in [1.807, 2.05) is 0 Å². The van der Waals surface area contributed by atoms with Gasteiger partial charge in [0.1, 0.15) is 11.5 Å². The van der Waals surface area contributed by atoms with E-state index < -0.39 is 0 Å². The summed E-state index contributed by atoms with van der Waals surface area (Å²) in [5.41, 5.74) is 8.49. The summed E-state index contributed by atoms with van der Waals surface area (Å²) in [6.45, 7) is 4.64. The van der Waals surface area contributed by atoms with Crippen LogP contribution < -0.4 is 20.5 Å². The average molecular weight is 390 g/mol. The third-order valence-electron chi connectivity index (χ3n) is 4.20. The largest absolute Gasteiger partial charge is 0.497 e. The van der Waals surface area contributed by atoms with Gasteiger partial charge >= 0.3 is 6.03 Å². The van der Waals surface area contributed by atoms with E-state index in [0.29, 0.717) is 53.1 Å². The molecule has 1 aromatic carbocycles. The smallest absolute Gasteiger partial charge is 0.318 e. The fraction of sp³-hybridized carbons (Fsp3) is 0.278. The van der Waals surface area contributed by atoms with Gasteiger partial charge in [-0.15, -0.1) is 6.58 Å². The maximum atomic E-state index is 12.3. The number of hydrogen-bond acceptors (Lipinski definition) is 6. The van der Waals surface area contributed by atoms with E-state index in [1.165, 1.54) is 7.11 Å². The molecular formula is C18H20ClN5O3. The number of methoxy groups -OCH3 is 2. The molecule has 1 aliphatic rings. The van der Waals surface area contributed by atoms with Gasteiger partial charge in [-0.05, 0) is 6.07 Å². The van der Waals surface area contributed by atoms with Crippen LogP contribution in [-0.2, 0) is 13.1 Å². The van der Waals surface area contributed by atoms with Crippen LogP contribution in [0.3, 0.4) is 0 Å². The zero-order chi connectivity index (χ0) is 19.6. The number of nitrogens with zero attached hydrogens (tertiary/aromatic N) is 3. The lowest BCUT2D eigenvalue weighted by Gasteiger charge is -2.16. The second kappa shape index (κ2) is 7.71. The molecule has 3 N–H and O–H groups in total. The van der Waals surface area contributed by atoms with E-state index >= 15 is 0 Å². The Hall–Kier alpha value is -3.00. The number of halogens is 1. The van der Waals surface area contributed by atoms with Crippen molar-refractivity contribution in [3.05, 3.63) is 41.1 Å². The average Bonchev–Trinajstić information content (AvgIpc) is 3.08. The number of nitrogen functional groups attached to an aromatic ring is 1. The van der Waals surface area contributed by atoms with Crippen molar-refractivity contribution in [2.24, 2.45) is 0 Å². The number of nitrogens with two attached hydrogens (primary N) is 1. The van der Waals surface area contributed by atoms with E-state index in [2.05, 4.69) is 21.9 Å². The number of amides is 2. The molecule has 0 radical (unpaired) electrons. The van der Waals surface area contributed by atoms with Crippen LogP contribution in [0.25, 0.3) is 11.3 Å². The van der Waals surface area contributed by atoms with Gasteiger partial charge in [0.05, 0.1) is 49.3 Å². The number of ether oxygens (including phenoxy) is 2. The first-order chi connectivity index (χ1) is 13.0. The minimum atomic E-state index is -0.217. The first kappa shape index (κ1) is 18.8. The van der Waals surface area contributed by atoms with Gasteiger partial charge in [0.15, 0.2) is 0 Å². The number of carbonyl (C=O) groups is 1. The molecule has 0 saturated heterocycles. The standard InChI is InChI=1S/C18H20ClN5O3/c1-4-5-21-18(25)24-8-11-13(9-24)22-17(20)23-16(11)15-12(19)6-10(26-2)7-14(15)27-3/h4,6-7H,1,5,8-9H2,2-3H3,(H,21,25)(H2,20,22,23). The predicted molar refractivity (Wildman–Crippen MR) is 103 cm³/mol. The molecule has 0 saturated carbocycles. The number of nitrogens with one attached hydrogen (secondary N) is 1. The number of fused-ring (bicyclic) bond motifs is 1. The Balaban J connectivity index is 2.06. The van der Waals surface area contributed by atoms with Crippen molar-refractivity contribution >= 4 is 23.6 Å². The zero-order valence-electron chi connectivity index (χ0n) is 15.1. The van der Waals surface area contributed by atoms with Crippen LogP contribution in [0.4, 0.5) is 10.7 Å². The van der Waals surface area contributed by atoms with Crippen molar-refractivity contribution in [1.82, 2.24) is 20.2 Å². The van der Waals surface area contributed by atoms with Crippen LogP contribution in [0, 0.1) is 0 Å². The van der Waals surface area contributed by atoms with Crippen molar-refractivity contribution in [3.8, 4) is 22.8 Å². The number of rotatable bonds is 5. The molecule has 2 aromatic rings. The molecule has 2 heterocycles. The molecular weight excluding hydrogens is 370 g/mol. The minimum absolute atomic E-state index is 0.103. The van der Waals surface area contributed by atoms with Crippen LogP contribution in [0.15, 0.2) is 24.8 Å². The highest BCUT2D eigenvalue weighted by atomic mass is 35.5. The van der Waals surface area contributed by atoms with Crippen molar-refractivity contribution < 1.29 is 14.3 Å². The second-order valence-corrected chi connectivity index (χ2v) is 6.28. The number of benzene rings is 1. The van der Waals surface area contributed by atoms with E-state index in [4.69, 9.17) is 26.8 Å². The van der Waals surface area contributed by atoms with E-state index in [1.54, 1.807) is 30.2 Å². The molecule has 0 atom stereocenters. The maximum Gasteiger partial charge on any atom is 0.318 e. The van der Waals surface area contributed by atoms with Gasteiger partial charge in [-0.3, -0.25) is 0 Å². The van der Waals surface area contributed by atoms with Gasteiger partial charge < -0.3 is 25.4 Å². The van der Waals surface area contributed by atoms with Gasteiger partial charge in [0.25, 0.3) is 0 Å². The Morgan fingerprint density at radius 1 is 1.37 bits per heavy atom. The van der Waals surface area contributed by atoms with Crippen LogP contribution in [0.5, 0.6) is 11.5 Å². The number of hydrogen-bond donors (Lipinski definition) is 2. The molecule has 0 aliphatic carbocycles. The Bertz CT molecular complexity index is 903. The topological polar surface area (TPSA) is 103 Å². The third-order valence-corrected chi connectivity index (χ3v) is 4.50. The summed E-state index contributed by atoms with van der Waals surface area (Å²) in [5.74, 6) is 1.16. The summed E-state index contributed by atoms with van der Waals surface area (Å²) in [6, 6.07) is 3.17. The fourth-order valence-corrected chi connectivity index (χ4v) is 3.25. The van der Waals surface area contributed by atoms with E-state index in [-0.39, 0.29) is 12.0 Å². The van der Waals surface area contributed by atoms with Crippen LogP contribution in [-0.4, -0.2) is 41.7 Å². The number of carbonyl (C=O) groups excluding carboxylic acids is 1. The van der Waals surface area contributed by atoms with Crippen molar-refractivity contribution in [2.45, 2.75) is 13.1 Å². The van der Waals surface area contributed by atoms with Gasteiger partial charge in [-0.25, -0.2) is 14.8 Å². The Kier molecular flexibility index (Phi) is 5.36. The normalized spacial score (nSPS) is 12.5. The zero-order valence-corrected chi connectivity index (χ0v) is 15.8. The minimum Gasteiger partial charge on any atom is -0.497 e. The van der Waals surface area contributed by atoms with Crippen molar-refractivity contribution in [1.29, 1.82) is 0 Å². The van der Waals surface area contributed by atoms with Gasteiger partial charge in [-0.1, -0.05) is 17.7 Å². The molecule has 0 spiro atoms. The van der Waals surface area contributed by atoms with Gasteiger partial charge in [0, 0.05) is 18.2 Å². The summed E-state index contributed by atoms with van der Waals surface area (Å²) in [5, 5.41) is 3.16. The summed E-state index contributed by atoms with van der Waals surface area (Å²) in [7, 11) is 3.08. The van der Waals surface area contributed by atoms with Gasteiger partial charge in [0.2, 0.25) is 5.95 Å². The van der Waals surface area contributed by atoms with Crippen LogP contribution in [0.2, 0.25) is 5.02 Å². The van der Waals surface area contributed by atoms with Gasteiger partial charge in [-0.2, -0.15) is 0 Å². The summed E-state index contributed by atoms with van der Waals surface area (Å²) in [6.07, 6.45) is 1.62. The van der Waals surface area contributed by atoms with E-state index in [0.717, 1.165) is 5.56 Å². The maximum absolute atomic E-state index is 12.3. The second-order valence-electron chi connectivity index (χ2n) is 5.87. The lowest BCUT2D eigenvalue weighted by Crippen LogP contribution is -2.36. The molecule has 0 unspecified atom stereocenters. The lowest BCUT2D eigenvalue weighted by molar-refractivity contribution is 0.199. The van der Waals surface area contributed by atoms with Crippen molar-refractivity contribution in [3.63, 3.8) is 0 Å². The quantitative estimate of drug-likeness (QED) is 0.762. The van der Waals surface area contributed by atoms with Crippen LogP contribution >= 0.6 is 11.6 Å². The molecule has 142 valence electrons. The fourth-order valence-electron chi connectivity index (χ4n) is 2.96. The summed E-state index contributed by atoms with van der Waals surface area (Å²) < 4.78 is 10.7. The molecule has 3 rings (SSSR count). The molecule has 1 aromatic heterocycles. The Morgan fingerprint density at radius 3 is 2.81 bits per heavy atom. The Labute approximate surface area is 161 Å². The van der Waals surface area contributed by atoms with Crippen molar-refractivity contribution in [2.75, 3.05) is 26.5 Å². The molecule has 0 bridgehead atoms. The summed E-state index contributed by atoms with van der Waals surface area (Å²) >= 11 is 6.48. The first-order valence-corrected chi connectivity index (χ1v) is 8.57. The third kappa shape index (κ3) is 3.61. The predicted octanol–water partition coefficient (Wildman–Crippen LogP) is 2.61. The molecule has 1 aliphatic heterocycles. The monoisotopic (exact) mass is 389 g/mol. The Morgan fingerprint density at radius 2 is 2.15 bits per heavy atom. The molecule has 27 heavy (non-hydrogen) atoms. The highest BCUT2D eigenvalue weighted by Crippen LogP contribution is 2.42. The van der Waals surface area contributed by atoms with Crippen LogP contribution in [0.1, 0.15) is 11.3 Å². The first-order valence-electron chi connectivity index (χ1n) is 8.19. The SMILES string of the molecule is C=CCNC(=O)N1Cc2nc(N)nc(-c3c(Cl)cc(OC)cc3OC)c2C1.